The van der Waals surface area contributed by atoms with Crippen LogP contribution in [0.15, 0.2) is 36.2 Å². The number of carbonyl (C=O) groups is 1. The summed E-state index contributed by atoms with van der Waals surface area (Å²) in [5, 5.41) is 0. The Kier molecular flexibility index (Phi) is 5.88. The molecule has 1 rings (SSSR count). The highest BCUT2D eigenvalue weighted by molar-refractivity contribution is 5.68. The first-order valence-electron chi connectivity index (χ1n) is 7.26. The Morgan fingerprint density at radius 2 is 1.71 bits per heavy atom. The van der Waals surface area contributed by atoms with Crippen molar-refractivity contribution < 1.29 is 9.53 Å². The van der Waals surface area contributed by atoms with Crippen molar-refractivity contribution in [2.24, 2.45) is 5.73 Å². The van der Waals surface area contributed by atoms with Crippen LogP contribution in [0, 0.1) is 0 Å². The minimum Gasteiger partial charge on any atom is -0.444 e. The molecule has 1 saturated heterocycles. The van der Waals surface area contributed by atoms with Gasteiger partial charge >= 0.3 is 6.09 Å². The van der Waals surface area contributed by atoms with Crippen LogP contribution >= 0.6 is 0 Å². The number of carbonyl (C=O) groups excluding carboxylic acids is 1. The van der Waals surface area contributed by atoms with E-state index in [2.05, 4.69) is 11.5 Å². The Labute approximate surface area is 127 Å². The van der Waals surface area contributed by atoms with Crippen molar-refractivity contribution in [2.45, 2.75) is 33.3 Å². The fourth-order valence-electron chi connectivity index (χ4n) is 2.10. The normalized spacial score (nSPS) is 17.7. The summed E-state index contributed by atoms with van der Waals surface area (Å²) in [5.41, 5.74) is 7.23. The van der Waals surface area contributed by atoms with Crippen molar-refractivity contribution in [1.29, 1.82) is 0 Å². The monoisotopic (exact) mass is 293 g/mol. The van der Waals surface area contributed by atoms with E-state index in [1.807, 2.05) is 39.8 Å². The minimum absolute atomic E-state index is 0.254. The van der Waals surface area contributed by atoms with Crippen LogP contribution in [-0.2, 0) is 4.74 Å². The van der Waals surface area contributed by atoms with Gasteiger partial charge in [-0.2, -0.15) is 0 Å². The van der Waals surface area contributed by atoms with Gasteiger partial charge in [0.25, 0.3) is 0 Å². The Balaban J connectivity index is 2.65. The summed E-state index contributed by atoms with van der Waals surface area (Å²) >= 11 is 0. The summed E-state index contributed by atoms with van der Waals surface area (Å²) in [6.45, 7) is 14.0. The lowest BCUT2D eigenvalue weighted by molar-refractivity contribution is 0.0170. The fraction of sp³-hybridized carbons (Fsp3) is 0.562. The second kappa shape index (κ2) is 7.20. The molecule has 1 amide bonds. The van der Waals surface area contributed by atoms with Gasteiger partial charge in [-0.25, -0.2) is 4.79 Å². The lowest BCUT2D eigenvalue weighted by Gasteiger charge is -2.37. The van der Waals surface area contributed by atoms with E-state index in [1.54, 1.807) is 11.0 Å². The molecule has 118 valence electrons. The van der Waals surface area contributed by atoms with Crippen LogP contribution in [0.2, 0.25) is 0 Å². The highest BCUT2D eigenvalue weighted by Crippen LogP contribution is 2.17. The zero-order chi connectivity index (χ0) is 16.0. The Morgan fingerprint density at radius 1 is 1.19 bits per heavy atom. The van der Waals surface area contributed by atoms with Gasteiger partial charge in [-0.1, -0.05) is 18.7 Å². The van der Waals surface area contributed by atoms with E-state index < -0.39 is 5.60 Å². The summed E-state index contributed by atoms with van der Waals surface area (Å²) in [6, 6.07) is 0. The standard InChI is InChI=1S/C16H27N3O2/c1-6-8-14(13(17)7-2)18-9-11-19(12-10-18)15(20)21-16(3,4)5/h6-8H,1,9-12,17H2,2-5H3/b13-7+,14-8+. The van der Waals surface area contributed by atoms with Crippen molar-refractivity contribution in [3.05, 3.63) is 36.2 Å². The molecule has 1 heterocycles. The molecule has 0 aromatic heterocycles. The van der Waals surface area contributed by atoms with Gasteiger partial charge in [0.05, 0.1) is 11.4 Å². The predicted octanol–water partition coefficient (Wildman–Crippen LogP) is 2.47. The molecule has 0 atom stereocenters. The number of piperazine rings is 1. The SMILES string of the molecule is C=C/C=C(\C(N)=C/C)N1CCN(C(=O)OC(C)(C)C)CC1. The summed E-state index contributed by atoms with van der Waals surface area (Å²) in [7, 11) is 0. The van der Waals surface area contributed by atoms with Crippen LogP contribution in [0.4, 0.5) is 4.79 Å². The fourth-order valence-corrected chi connectivity index (χ4v) is 2.10. The number of allylic oxidation sites excluding steroid dienone is 3. The third-order valence-electron chi connectivity index (χ3n) is 3.15. The largest absolute Gasteiger partial charge is 0.444 e. The van der Waals surface area contributed by atoms with Gasteiger partial charge in [0.2, 0.25) is 0 Å². The van der Waals surface area contributed by atoms with Gasteiger partial charge in [0, 0.05) is 26.2 Å². The first kappa shape index (κ1) is 17.1. The maximum atomic E-state index is 12.0. The summed E-state index contributed by atoms with van der Waals surface area (Å²) in [6.07, 6.45) is 5.25. The number of nitrogens with two attached hydrogens (primary N) is 1. The second-order valence-corrected chi connectivity index (χ2v) is 5.99. The Morgan fingerprint density at radius 3 is 2.14 bits per heavy atom. The number of amides is 1. The van der Waals surface area contributed by atoms with Crippen molar-refractivity contribution in [3.8, 4) is 0 Å². The van der Waals surface area contributed by atoms with Crippen LogP contribution in [0.1, 0.15) is 27.7 Å². The Bertz CT molecular complexity index is 439. The summed E-state index contributed by atoms with van der Waals surface area (Å²) in [4.78, 5) is 15.9. The zero-order valence-electron chi connectivity index (χ0n) is 13.6. The molecule has 21 heavy (non-hydrogen) atoms. The molecule has 0 aromatic rings. The molecule has 5 nitrogen and oxygen atoms in total. The molecule has 0 unspecified atom stereocenters. The van der Waals surface area contributed by atoms with Gasteiger partial charge in [-0.05, 0) is 33.8 Å². The van der Waals surface area contributed by atoms with Gasteiger partial charge in [0.1, 0.15) is 5.60 Å². The van der Waals surface area contributed by atoms with Gasteiger partial charge in [-0.15, -0.1) is 0 Å². The third kappa shape index (κ3) is 5.17. The predicted molar refractivity (Wildman–Crippen MR) is 85.6 cm³/mol. The first-order chi connectivity index (χ1) is 9.78. The van der Waals surface area contributed by atoms with E-state index in [9.17, 15) is 4.79 Å². The second-order valence-electron chi connectivity index (χ2n) is 5.99. The van der Waals surface area contributed by atoms with E-state index in [0.29, 0.717) is 13.1 Å². The molecule has 0 saturated carbocycles. The highest BCUT2D eigenvalue weighted by atomic mass is 16.6. The molecule has 0 radical (unpaired) electrons. The van der Waals surface area contributed by atoms with Crippen LogP contribution in [0.25, 0.3) is 0 Å². The van der Waals surface area contributed by atoms with E-state index in [4.69, 9.17) is 10.5 Å². The average molecular weight is 293 g/mol. The number of rotatable bonds is 3. The smallest absolute Gasteiger partial charge is 0.410 e. The van der Waals surface area contributed by atoms with E-state index in [0.717, 1.165) is 24.5 Å². The van der Waals surface area contributed by atoms with Gasteiger partial charge in [0.15, 0.2) is 0 Å². The van der Waals surface area contributed by atoms with E-state index >= 15 is 0 Å². The third-order valence-corrected chi connectivity index (χ3v) is 3.15. The number of hydrogen-bond acceptors (Lipinski definition) is 4. The lowest BCUT2D eigenvalue weighted by Crippen LogP contribution is -2.50. The van der Waals surface area contributed by atoms with Crippen LogP contribution in [-0.4, -0.2) is 47.7 Å². The quantitative estimate of drug-likeness (QED) is 0.812. The molecule has 1 aliphatic rings. The van der Waals surface area contributed by atoms with Crippen molar-refractivity contribution in [2.75, 3.05) is 26.2 Å². The first-order valence-corrected chi connectivity index (χ1v) is 7.26. The zero-order valence-corrected chi connectivity index (χ0v) is 13.6. The molecule has 5 heteroatoms. The van der Waals surface area contributed by atoms with Crippen LogP contribution in [0.3, 0.4) is 0 Å². The lowest BCUT2D eigenvalue weighted by atomic mass is 10.2. The van der Waals surface area contributed by atoms with E-state index in [1.165, 1.54) is 0 Å². The Hall–Kier alpha value is -1.91. The van der Waals surface area contributed by atoms with Crippen LogP contribution < -0.4 is 5.73 Å². The maximum absolute atomic E-state index is 12.0. The summed E-state index contributed by atoms with van der Waals surface area (Å²) < 4.78 is 5.39. The number of ether oxygens (including phenoxy) is 1. The summed E-state index contributed by atoms with van der Waals surface area (Å²) in [5.74, 6) is 0. The molecule has 0 aliphatic carbocycles. The van der Waals surface area contributed by atoms with Crippen LogP contribution in [0.5, 0.6) is 0 Å². The number of hydrogen-bond donors (Lipinski definition) is 1. The molecule has 1 aliphatic heterocycles. The van der Waals surface area contributed by atoms with Gasteiger partial charge < -0.3 is 20.3 Å². The minimum atomic E-state index is -0.461. The van der Waals surface area contributed by atoms with E-state index in [-0.39, 0.29) is 6.09 Å². The molecule has 0 spiro atoms. The molecule has 2 N–H and O–H groups in total. The molecular weight excluding hydrogens is 266 g/mol. The molecular formula is C16H27N3O2. The molecule has 0 bridgehead atoms. The van der Waals surface area contributed by atoms with Crippen molar-refractivity contribution in [1.82, 2.24) is 9.80 Å². The maximum Gasteiger partial charge on any atom is 0.410 e. The topological polar surface area (TPSA) is 58.8 Å². The highest BCUT2D eigenvalue weighted by Gasteiger charge is 2.26. The average Bonchev–Trinajstić information content (AvgIpc) is 2.42. The number of nitrogens with zero attached hydrogens (tertiary/aromatic N) is 2. The molecule has 0 aromatic carbocycles. The van der Waals surface area contributed by atoms with Crippen molar-refractivity contribution >= 4 is 6.09 Å². The molecule has 1 fully saturated rings. The van der Waals surface area contributed by atoms with Crippen molar-refractivity contribution in [3.63, 3.8) is 0 Å². The van der Waals surface area contributed by atoms with Gasteiger partial charge in [-0.3, -0.25) is 0 Å².